The van der Waals surface area contributed by atoms with Gasteiger partial charge in [-0.1, -0.05) is 0 Å². The number of nitrogens with one attached hydrogen (secondary N) is 1. The minimum Gasteiger partial charge on any atom is -0.306 e. The van der Waals surface area contributed by atoms with E-state index in [1.54, 1.807) is 12.3 Å². The van der Waals surface area contributed by atoms with Crippen molar-refractivity contribution < 1.29 is 9.31 Å². The van der Waals surface area contributed by atoms with Crippen LogP contribution in [0.1, 0.15) is 26.5 Å². The SMILES string of the molecule is CC(C)(C)NCc1ccn(-c2ccc(F)cc2[N+](=O)[O-])n1. The van der Waals surface area contributed by atoms with Crippen LogP contribution in [0, 0.1) is 15.9 Å². The molecule has 0 amide bonds. The first-order valence-electron chi connectivity index (χ1n) is 6.50. The van der Waals surface area contributed by atoms with Gasteiger partial charge in [0.05, 0.1) is 16.7 Å². The molecule has 0 radical (unpaired) electrons. The molecule has 1 aromatic heterocycles. The standard InChI is InChI=1S/C14H17FN4O2/c1-14(2,3)16-9-11-6-7-18(17-11)12-5-4-10(15)8-13(12)19(20)21/h4-8,16H,9H2,1-3H3. The highest BCUT2D eigenvalue weighted by molar-refractivity contribution is 5.51. The van der Waals surface area contributed by atoms with Crippen LogP contribution in [-0.2, 0) is 6.54 Å². The topological polar surface area (TPSA) is 73.0 Å². The van der Waals surface area contributed by atoms with Gasteiger partial charge < -0.3 is 5.32 Å². The molecule has 6 nitrogen and oxygen atoms in total. The Hall–Kier alpha value is -2.28. The molecule has 1 aromatic carbocycles. The second kappa shape index (κ2) is 5.61. The average molecular weight is 292 g/mol. The Labute approximate surface area is 121 Å². The monoisotopic (exact) mass is 292 g/mol. The van der Waals surface area contributed by atoms with Gasteiger partial charge in [-0.25, -0.2) is 9.07 Å². The van der Waals surface area contributed by atoms with Crippen LogP contribution in [0.3, 0.4) is 0 Å². The van der Waals surface area contributed by atoms with Gasteiger partial charge in [0.15, 0.2) is 0 Å². The van der Waals surface area contributed by atoms with Crippen LogP contribution in [-0.4, -0.2) is 20.2 Å². The number of hydrogen-bond acceptors (Lipinski definition) is 4. The van der Waals surface area contributed by atoms with E-state index in [9.17, 15) is 14.5 Å². The maximum atomic E-state index is 13.1. The van der Waals surface area contributed by atoms with Crippen LogP contribution < -0.4 is 5.32 Å². The van der Waals surface area contributed by atoms with Gasteiger partial charge in [-0.15, -0.1) is 0 Å². The molecule has 0 atom stereocenters. The molecule has 0 bridgehead atoms. The molecule has 0 saturated carbocycles. The van der Waals surface area contributed by atoms with Crippen molar-refractivity contribution in [3.05, 3.63) is 52.1 Å². The molecule has 2 aromatic rings. The fourth-order valence-corrected chi connectivity index (χ4v) is 1.78. The van der Waals surface area contributed by atoms with E-state index in [1.807, 2.05) is 20.8 Å². The maximum absolute atomic E-state index is 13.1. The van der Waals surface area contributed by atoms with Crippen LogP contribution in [0.5, 0.6) is 0 Å². The molecule has 0 spiro atoms. The van der Waals surface area contributed by atoms with Crippen LogP contribution in [0.15, 0.2) is 30.5 Å². The molecule has 0 aliphatic carbocycles. The van der Waals surface area contributed by atoms with Crippen molar-refractivity contribution >= 4 is 5.69 Å². The van der Waals surface area contributed by atoms with E-state index in [1.165, 1.54) is 16.8 Å². The van der Waals surface area contributed by atoms with E-state index in [0.717, 1.165) is 11.8 Å². The zero-order valence-corrected chi connectivity index (χ0v) is 12.1. The predicted octanol–water partition coefficient (Wildman–Crippen LogP) is 2.81. The van der Waals surface area contributed by atoms with Gasteiger partial charge in [0, 0.05) is 18.3 Å². The third-order valence-electron chi connectivity index (χ3n) is 2.83. The Balaban J connectivity index is 2.28. The largest absolute Gasteiger partial charge is 0.306 e. The first-order valence-corrected chi connectivity index (χ1v) is 6.50. The summed E-state index contributed by atoms with van der Waals surface area (Å²) in [6.45, 7) is 6.66. The zero-order valence-electron chi connectivity index (χ0n) is 12.1. The summed E-state index contributed by atoms with van der Waals surface area (Å²) >= 11 is 0. The van der Waals surface area contributed by atoms with Crippen LogP contribution in [0.25, 0.3) is 5.69 Å². The van der Waals surface area contributed by atoms with Crippen molar-refractivity contribution in [3.63, 3.8) is 0 Å². The van der Waals surface area contributed by atoms with E-state index >= 15 is 0 Å². The number of nitrogens with zero attached hydrogens (tertiary/aromatic N) is 3. The third kappa shape index (κ3) is 3.85. The number of aromatic nitrogens is 2. The molecule has 0 fully saturated rings. The van der Waals surface area contributed by atoms with Crippen molar-refractivity contribution in [2.75, 3.05) is 0 Å². The molecule has 7 heteroatoms. The molecule has 1 N–H and O–H groups in total. The lowest BCUT2D eigenvalue weighted by atomic mass is 10.1. The molecule has 112 valence electrons. The quantitative estimate of drug-likeness (QED) is 0.694. The van der Waals surface area contributed by atoms with Crippen molar-refractivity contribution in [1.82, 2.24) is 15.1 Å². The Morgan fingerprint density at radius 1 is 1.38 bits per heavy atom. The Morgan fingerprint density at radius 2 is 2.10 bits per heavy atom. The lowest BCUT2D eigenvalue weighted by Gasteiger charge is -2.19. The number of hydrogen-bond donors (Lipinski definition) is 1. The van der Waals surface area contributed by atoms with Gasteiger partial charge in [-0.05, 0) is 39.0 Å². The van der Waals surface area contributed by atoms with Crippen molar-refractivity contribution in [3.8, 4) is 5.69 Å². The molecule has 0 saturated heterocycles. The average Bonchev–Trinajstić information content (AvgIpc) is 2.84. The van der Waals surface area contributed by atoms with Crippen molar-refractivity contribution in [1.29, 1.82) is 0 Å². The van der Waals surface area contributed by atoms with E-state index in [0.29, 0.717) is 6.54 Å². The van der Waals surface area contributed by atoms with Gasteiger partial charge in [0.25, 0.3) is 5.69 Å². The number of rotatable bonds is 4. The Kier molecular flexibility index (Phi) is 4.04. The van der Waals surface area contributed by atoms with Gasteiger partial charge in [-0.3, -0.25) is 10.1 Å². The van der Waals surface area contributed by atoms with Gasteiger partial charge in [0.1, 0.15) is 11.5 Å². The first kappa shape index (κ1) is 15.1. The molecule has 21 heavy (non-hydrogen) atoms. The molecular weight excluding hydrogens is 275 g/mol. The minimum absolute atomic E-state index is 0.0499. The van der Waals surface area contributed by atoms with Crippen LogP contribution in [0.2, 0.25) is 0 Å². The normalized spacial score (nSPS) is 11.6. The number of benzene rings is 1. The number of halogens is 1. The third-order valence-corrected chi connectivity index (χ3v) is 2.83. The minimum atomic E-state index is -0.646. The first-order chi connectivity index (χ1) is 9.76. The predicted molar refractivity (Wildman–Crippen MR) is 76.8 cm³/mol. The summed E-state index contributed by atoms with van der Waals surface area (Å²) in [6, 6.07) is 5.19. The molecule has 1 heterocycles. The highest BCUT2D eigenvalue weighted by atomic mass is 19.1. The molecule has 0 aliphatic rings. The Bertz CT molecular complexity index is 661. The summed E-state index contributed by atoms with van der Waals surface area (Å²) in [6.07, 6.45) is 1.62. The smallest absolute Gasteiger partial charge is 0.297 e. The van der Waals surface area contributed by atoms with E-state index in [-0.39, 0.29) is 16.9 Å². The highest BCUT2D eigenvalue weighted by Gasteiger charge is 2.17. The molecule has 0 unspecified atom stereocenters. The second-order valence-electron chi connectivity index (χ2n) is 5.75. The zero-order chi connectivity index (χ0) is 15.6. The van der Waals surface area contributed by atoms with E-state index in [2.05, 4.69) is 10.4 Å². The second-order valence-corrected chi connectivity index (χ2v) is 5.75. The number of nitro groups is 1. The van der Waals surface area contributed by atoms with Gasteiger partial charge >= 0.3 is 0 Å². The molecular formula is C14H17FN4O2. The number of nitro benzene ring substituents is 1. The van der Waals surface area contributed by atoms with E-state index in [4.69, 9.17) is 0 Å². The fraction of sp³-hybridized carbons (Fsp3) is 0.357. The van der Waals surface area contributed by atoms with Crippen molar-refractivity contribution in [2.45, 2.75) is 32.9 Å². The van der Waals surface area contributed by atoms with Crippen molar-refractivity contribution in [2.24, 2.45) is 0 Å². The lowest BCUT2D eigenvalue weighted by Crippen LogP contribution is -2.35. The summed E-state index contributed by atoms with van der Waals surface area (Å²) in [5, 5.41) is 18.6. The maximum Gasteiger partial charge on any atom is 0.297 e. The molecule has 2 rings (SSSR count). The summed E-state index contributed by atoms with van der Waals surface area (Å²) in [5.41, 5.74) is 0.631. The van der Waals surface area contributed by atoms with Crippen LogP contribution in [0.4, 0.5) is 10.1 Å². The van der Waals surface area contributed by atoms with Gasteiger partial charge in [0.2, 0.25) is 0 Å². The molecule has 0 aliphatic heterocycles. The van der Waals surface area contributed by atoms with Crippen LogP contribution >= 0.6 is 0 Å². The summed E-state index contributed by atoms with van der Waals surface area (Å²) in [7, 11) is 0. The summed E-state index contributed by atoms with van der Waals surface area (Å²) in [4.78, 5) is 10.4. The fourth-order valence-electron chi connectivity index (χ4n) is 1.78. The van der Waals surface area contributed by atoms with E-state index < -0.39 is 10.7 Å². The summed E-state index contributed by atoms with van der Waals surface area (Å²) < 4.78 is 14.5. The highest BCUT2D eigenvalue weighted by Crippen LogP contribution is 2.23. The lowest BCUT2D eigenvalue weighted by molar-refractivity contribution is -0.384. The van der Waals surface area contributed by atoms with Gasteiger partial charge in [-0.2, -0.15) is 5.10 Å². The Morgan fingerprint density at radius 3 is 2.71 bits per heavy atom. The summed E-state index contributed by atoms with van der Waals surface area (Å²) in [5.74, 6) is -0.646.